The average Bonchev–Trinajstić information content (AvgIpc) is 3.90. The summed E-state index contributed by atoms with van der Waals surface area (Å²) in [5.41, 5.74) is 17.7. The summed E-state index contributed by atoms with van der Waals surface area (Å²) in [5.74, 6) is 0. The molecule has 0 radical (unpaired) electrons. The number of aromatic nitrogens is 1. The summed E-state index contributed by atoms with van der Waals surface area (Å²) in [7, 11) is 0. The molecular formula is C60H40N2O. The number of hydrogen-bond acceptors (Lipinski definition) is 2. The van der Waals surface area contributed by atoms with Crippen molar-refractivity contribution in [2.45, 2.75) is 0 Å². The van der Waals surface area contributed by atoms with E-state index in [0.717, 1.165) is 72.5 Å². The average molecular weight is 805 g/mol. The van der Waals surface area contributed by atoms with Crippen LogP contribution in [0, 0.1) is 0 Å². The third-order valence-corrected chi connectivity index (χ3v) is 12.4. The van der Waals surface area contributed by atoms with Gasteiger partial charge >= 0.3 is 0 Å². The molecule has 0 aliphatic carbocycles. The zero-order chi connectivity index (χ0) is 41.7. The summed E-state index contributed by atoms with van der Waals surface area (Å²) >= 11 is 0. The monoisotopic (exact) mass is 804 g/mol. The van der Waals surface area contributed by atoms with E-state index in [4.69, 9.17) is 4.42 Å². The highest BCUT2D eigenvalue weighted by Gasteiger charge is 2.20. The molecule has 0 aliphatic rings. The molecule has 0 spiro atoms. The number of benzene rings is 10. The highest BCUT2D eigenvalue weighted by molar-refractivity contribution is 6.10. The molecule has 0 fully saturated rings. The maximum atomic E-state index is 6.35. The molecule has 10 aromatic carbocycles. The van der Waals surface area contributed by atoms with Crippen LogP contribution in [-0.4, -0.2) is 4.57 Å². The Labute approximate surface area is 366 Å². The molecule has 2 aromatic heterocycles. The zero-order valence-electron chi connectivity index (χ0n) is 34.4. The largest absolute Gasteiger partial charge is 0.456 e. The fourth-order valence-electron chi connectivity index (χ4n) is 9.45. The van der Waals surface area contributed by atoms with Gasteiger partial charge in [0.15, 0.2) is 0 Å². The van der Waals surface area contributed by atoms with Crippen LogP contribution in [0.2, 0.25) is 0 Å². The molecule has 0 saturated heterocycles. The van der Waals surface area contributed by atoms with Crippen molar-refractivity contribution in [3.05, 3.63) is 243 Å². The highest BCUT2D eigenvalue weighted by Crippen LogP contribution is 2.44. The van der Waals surface area contributed by atoms with Gasteiger partial charge < -0.3 is 13.9 Å². The summed E-state index contributed by atoms with van der Waals surface area (Å²) < 4.78 is 8.76. The van der Waals surface area contributed by atoms with E-state index in [9.17, 15) is 0 Å². The molecular weight excluding hydrogens is 765 g/mol. The third-order valence-electron chi connectivity index (χ3n) is 12.4. The van der Waals surface area contributed by atoms with Gasteiger partial charge in [-0.05, 0) is 106 Å². The van der Waals surface area contributed by atoms with Gasteiger partial charge in [0.1, 0.15) is 11.2 Å². The molecule has 0 bridgehead atoms. The van der Waals surface area contributed by atoms with Gasteiger partial charge in [0.25, 0.3) is 0 Å². The Bertz CT molecular complexity index is 3580. The van der Waals surface area contributed by atoms with Gasteiger partial charge in [-0.1, -0.05) is 170 Å². The van der Waals surface area contributed by atoms with Crippen molar-refractivity contribution in [1.29, 1.82) is 0 Å². The molecule has 0 N–H and O–H groups in total. The van der Waals surface area contributed by atoms with Gasteiger partial charge in [-0.25, -0.2) is 0 Å². The summed E-state index contributed by atoms with van der Waals surface area (Å²) in [5, 5.41) is 4.76. The Morgan fingerprint density at radius 3 is 1.65 bits per heavy atom. The van der Waals surface area contributed by atoms with E-state index < -0.39 is 0 Å². The van der Waals surface area contributed by atoms with Crippen LogP contribution in [0.5, 0.6) is 0 Å². The zero-order valence-corrected chi connectivity index (χ0v) is 34.4. The molecule has 12 aromatic rings. The predicted molar refractivity (Wildman–Crippen MR) is 264 cm³/mol. The first-order chi connectivity index (χ1) is 31.2. The lowest BCUT2D eigenvalue weighted by Gasteiger charge is -2.28. The molecule has 12 rings (SSSR count). The first kappa shape index (κ1) is 36.5. The molecule has 296 valence electrons. The first-order valence-electron chi connectivity index (χ1n) is 21.5. The maximum Gasteiger partial charge on any atom is 0.136 e. The molecule has 0 saturated carbocycles. The Morgan fingerprint density at radius 1 is 0.302 bits per heavy atom. The third kappa shape index (κ3) is 6.38. The van der Waals surface area contributed by atoms with Crippen LogP contribution in [0.25, 0.3) is 93.9 Å². The molecule has 0 unspecified atom stereocenters. The second-order valence-corrected chi connectivity index (χ2v) is 16.1. The van der Waals surface area contributed by atoms with E-state index in [1.165, 1.54) is 38.5 Å². The highest BCUT2D eigenvalue weighted by atomic mass is 16.3. The first-order valence-corrected chi connectivity index (χ1v) is 21.5. The minimum atomic E-state index is 0.886. The number of nitrogens with zero attached hydrogens (tertiary/aromatic N) is 2. The van der Waals surface area contributed by atoms with Gasteiger partial charge in [-0.3, -0.25) is 0 Å². The van der Waals surface area contributed by atoms with Gasteiger partial charge in [-0.2, -0.15) is 0 Å². The predicted octanol–water partition coefficient (Wildman–Crippen LogP) is 16.8. The standard InChI is InChI=1S/C60H40N2O/c1-2-16-41(17-3-1)43-18-14-20-46(38-43)50-23-5-9-27-55(50)61(48-21-15-19-44(39-48)45-34-37-54-53-26-8-13-31-59(53)63-60(54)40-45)47-35-32-42(33-36-47)49-22-4-10-28-56(49)62-57-29-11-6-24-51(57)52-25-7-12-30-58(52)62/h1-40H. The Kier molecular flexibility index (Phi) is 8.83. The number of furan rings is 1. The van der Waals surface area contributed by atoms with E-state index in [2.05, 4.69) is 240 Å². The van der Waals surface area contributed by atoms with Gasteiger partial charge in [0.05, 0.1) is 22.4 Å². The van der Waals surface area contributed by atoms with Crippen LogP contribution in [0.1, 0.15) is 0 Å². The Morgan fingerprint density at radius 2 is 0.857 bits per heavy atom. The van der Waals surface area contributed by atoms with E-state index in [1.807, 2.05) is 12.1 Å². The minimum absolute atomic E-state index is 0.886. The fraction of sp³-hybridized carbons (Fsp3) is 0. The van der Waals surface area contributed by atoms with Crippen molar-refractivity contribution in [2.24, 2.45) is 0 Å². The lowest BCUT2D eigenvalue weighted by molar-refractivity contribution is 0.669. The second-order valence-electron chi connectivity index (χ2n) is 16.1. The Hall–Kier alpha value is -8.40. The number of fused-ring (bicyclic) bond motifs is 6. The smallest absolute Gasteiger partial charge is 0.136 e. The molecule has 3 heteroatoms. The summed E-state index contributed by atoms with van der Waals surface area (Å²) in [6.45, 7) is 0. The number of para-hydroxylation sites is 5. The lowest BCUT2D eigenvalue weighted by Crippen LogP contribution is -2.11. The van der Waals surface area contributed by atoms with Crippen molar-refractivity contribution in [3.8, 4) is 50.2 Å². The van der Waals surface area contributed by atoms with E-state index in [-0.39, 0.29) is 0 Å². The molecule has 3 nitrogen and oxygen atoms in total. The summed E-state index contributed by atoms with van der Waals surface area (Å²) in [6.07, 6.45) is 0. The Balaban J connectivity index is 1.00. The van der Waals surface area contributed by atoms with Crippen molar-refractivity contribution in [2.75, 3.05) is 4.90 Å². The number of hydrogen-bond donors (Lipinski definition) is 0. The number of rotatable bonds is 8. The van der Waals surface area contributed by atoms with E-state index >= 15 is 0 Å². The molecule has 0 aliphatic heterocycles. The fourth-order valence-corrected chi connectivity index (χ4v) is 9.45. The minimum Gasteiger partial charge on any atom is -0.456 e. The van der Waals surface area contributed by atoms with Crippen molar-refractivity contribution in [1.82, 2.24) is 4.57 Å². The van der Waals surface area contributed by atoms with Crippen LogP contribution >= 0.6 is 0 Å². The van der Waals surface area contributed by atoms with Crippen LogP contribution in [0.15, 0.2) is 247 Å². The van der Waals surface area contributed by atoms with Crippen LogP contribution in [0.4, 0.5) is 17.1 Å². The van der Waals surface area contributed by atoms with Gasteiger partial charge in [0.2, 0.25) is 0 Å². The van der Waals surface area contributed by atoms with Crippen molar-refractivity contribution >= 4 is 60.8 Å². The molecule has 63 heavy (non-hydrogen) atoms. The molecule has 0 atom stereocenters. The molecule has 2 heterocycles. The lowest BCUT2D eigenvalue weighted by atomic mass is 9.96. The normalized spacial score (nSPS) is 11.5. The topological polar surface area (TPSA) is 21.3 Å². The summed E-state index contributed by atoms with van der Waals surface area (Å²) in [4.78, 5) is 2.40. The van der Waals surface area contributed by atoms with Crippen molar-refractivity contribution in [3.63, 3.8) is 0 Å². The SMILES string of the molecule is c1ccc(-c2cccc(-c3ccccc3N(c3ccc(-c4ccccc4-n4c5ccccc5c5ccccc54)cc3)c3cccc(-c4ccc5c(c4)oc4ccccc45)c3)c2)cc1. The quantitative estimate of drug-likeness (QED) is 0.153. The van der Waals surface area contributed by atoms with Crippen LogP contribution in [-0.2, 0) is 0 Å². The molecule has 0 amide bonds. The van der Waals surface area contributed by atoms with Gasteiger partial charge in [-0.15, -0.1) is 0 Å². The number of anilines is 3. The second kappa shape index (κ2) is 15.3. The van der Waals surface area contributed by atoms with E-state index in [1.54, 1.807) is 0 Å². The van der Waals surface area contributed by atoms with Crippen LogP contribution < -0.4 is 4.90 Å². The summed E-state index contributed by atoms with van der Waals surface area (Å²) in [6, 6.07) is 87.2. The van der Waals surface area contributed by atoms with E-state index in [0.29, 0.717) is 0 Å². The van der Waals surface area contributed by atoms with Crippen LogP contribution in [0.3, 0.4) is 0 Å². The maximum absolute atomic E-state index is 6.35. The van der Waals surface area contributed by atoms with Crippen molar-refractivity contribution < 1.29 is 4.42 Å². The van der Waals surface area contributed by atoms with Gasteiger partial charge in [0, 0.05) is 44.0 Å².